The molecule has 0 fully saturated rings. The summed E-state index contributed by atoms with van der Waals surface area (Å²) in [5.41, 5.74) is 2.01. The van der Waals surface area contributed by atoms with Crippen LogP contribution in [-0.2, 0) is 20.7 Å². The van der Waals surface area contributed by atoms with Crippen LogP contribution in [-0.4, -0.2) is 31.1 Å². The van der Waals surface area contributed by atoms with E-state index >= 15 is 0 Å². The van der Waals surface area contributed by atoms with Crippen molar-refractivity contribution >= 4 is 17.9 Å². The molecule has 0 aliphatic rings. The van der Waals surface area contributed by atoms with Gasteiger partial charge in [-0.3, -0.25) is 0 Å². The molecule has 164 valence electrons. The summed E-state index contributed by atoms with van der Waals surface area (Å²) in [6.07, 6.45) is 5.28. The monoisotopic (exact) mass is 424 g/mol. The van der Waals surface area contributed by atoms with Crippen molar-refractivity contribution in [2.45, 2.75) is 39.0 Å². The van der Waals surface area contributed by atoms with Gasteiger partial charge in [0.25, 0.3) is 0 Å². The Morgan fingerprint density at radius 3 is 1.90 bits per heavy atom. The maximum absolute atomic E-state index is 12.2. The molecule has 6 heteroatoms. The summed E-state index contributed by atoms with van der Waals surface area (Å²) in [5, 5.41) is 0. The molecular weight excluding hydrogens is 396 g/mol. The minimum Gasteiger partial charge on any atom is -0.463 e. The predicted octanol–water partition coefficient (Wildman–Crippen LogP) is 4.91. The fourth-order valence-electron chi connectivity index (χ4n) is 2.74. The van der Waals surface area contributed by atoms with Crippen LogP contribution < -0.4 is 4.74 Å². The van der Waals surface area contributed by atoms with Crippen molar-refractivity contribution in [1.29, 1.82) is 0 Å². The molecule has 2 rings (SSSR count). The van der Waals surface area contributed by atoms with E-state index in [0.29, 0.717) is 30.1 Å². The highest BCUT2D eigenvalue weighted by Gasteiger charge is 2.11. The SMILES string of the molecule is C=CC(=O)OCCCCCCOC(=O)c1ccc(OC(=O)c2ccc(CC)cc2)cc1. The first kappa shape index (κ1) is 23.9. The smallest absolute Gasteiger partial charge is 0.343 e. The van der Waals surface area contributed by atoms with Crippen molar-refractivity contribution in [3.63, 3.8) is 0 Å². The highest BCUT2D eigenvalue weighted by molar-refractivity contribution is 5.92. The Morgan fingerprint density at radius 2 is 1.32 bits per heavy atom. The minimum absolute atomic E-state index is 0.315. The molecule has 0 unspecified atom stereocenters. The number of carbonyl (C=O) groups is 3. The van der Waals surface area contributed by atoms with E-state index in [0.717, 1.165) is 43.7 Å². The second-order valence-electron chi connectivity index (χ2n) is 6.89. The molecule has 2 aromatic carbocycles. The lowest BCUT2D eigenvalue weighted by Crippen LogP contribution is -2.09. The van der Waals surface area contributed by atoms with Gasteiger partial charge in [-0.25, -0.2) is 14.4 Å². The fourth-order valence-corrected chi connectivity index (χ4v) is 2.74. The molecule has 0 aliphatic heterocycles. The molecule has 0 spiro atoms. The molecule has 0 atom stereocenters. The van der Waals surface area contributed by atoms with Gasteiger partial charge >= 0.3 is 17.9 Å². The van der Waals surface area contributed by atoms with Crippen molar-refractivity contribution in [3.8, 4) is 5.75 Å². The van der Waals surface area contributed by atoms with Crippen LogP contribution in [0.2, 0.25) is 0 Å². The third-order valence-electron chi connectivity index (χ3n) is 4.58. The lowest BCUT2D eigenvalue weighted by molar-refractivity contribution is -0.137. The summed E-state index contributed by atoms with van der Waals surface area (Å²) in [4.78, 5) is 35.2. The van der Waals surface area contributed by atoms with Gasteiger partial charge in [0.1, 0.15) is 5.75 Å². The predicted molar refractivity (Wildman–Crippen MR) is 117 cm³/mol. The zero-order valence-corrected chi connectivity index (χ0v) is 17.8. The van der Waals surface area contributed by atoms with Crippen LogP contribution in [0, 0.1) is 0 Å². The standard InChI is InChI=1S/C25H28O6/c1-3-19-9-11-21(12-10-19)25(28)31-22-15-13-20(14-16-22)24(27)30-18-8-6-5-7-17-29-23(26)4-2/h4,9-16H,2-3,5-8,17-18H2,1H3. The number of unbranched alkanes of at least 4 members (excludes halogenated alkanes) is 3. The summed E-state index contributed by atoms with van der Waals surface area (Å²) in [6.45, 7) is 6.06. The highest BCUT2D eigenvalue weighted by atomic mass is 16.5. The number of rotatable bonds is 12. The lowest BCUT2D eigenvalue weighted by atomic mass is 10.1. The van der Waals surface area contributed by atoms with Gasteiger partial charge in [-0.05, 0) is 74.1 Å². The van der Waals surface area contributed by atoms with Gasteiger partial charge in [-0.1, -0.05) is 25.6 Å². The van der Waals surface area contributed by atoms with Gasteiger partial charge in [0.05, 0.1) is 24.3 Å². The van der Waals surface area contributed by atoms with Gasteiger partial charge < -0.3 is 14.2 Å². The maximum Gasteiger partial charge on any atom is 0.343 e. The Kier molecular flexibility index (Phi) is 10.0. The summed E-state index contributed by atoms with van der Waals surface area (Å²) < 4.78 is 15.5. The molecule has 2 aromatic rings. The molecule has 0 saturated carbocycles. The van der Waals surface area contributed by atoms with Gasteiger partial charge in [0, 0.05) is 6.08 Å². The molecule has 0 amide bonds. The zero-order chi connectivity index (χ0) is 22.5. The normalized spacial score (nSPS) is 10.2. The third-order valence-corrected chi connectivity index (χ3v) is 4.58. The van der Waals surface area contributed by atoms with E-state index in [1.54, 1.807) is 36.4 Å². The van der Waals surface area contributed by atoms with Crippen LogP contribution in [0.15, 0.2) is 61.2 Å². The van der Waals surface area contributed by atoms with Gasteiger partial charge in [-0.2, -0.15) is 0 Å². The largest absolute Gasteiger partial charge is 0.463 e. The van der Waals surface area contributed by atoms with Crippen molar-refractivity contribution in [1.82, 2.24) is 0 Å². The van der Waals surface area contributed by atoms with E-state index in [1.165, 1.54) is 0 Å². The van der Waals surface area contributed by atoms with Crippen molar-refractivity contribution in [2.75, 3.05) is 13.2 Å². The Balaban J connectivity index is 1.68. The van der Waals surface area contributed by atoms with E-state index in [9.17, 15) is 14.4 Å². The first-order valence-corrected chi connectivity index (χ1v) is 10.4. The van der Waals surface area contributed by atoms with Gasteiger partial charge in [0.2, 0.25) is 0 Å². The Labute approximate surface area is 182 Å². The fraction of sp³-hybridized carbons (Fsp3) is 0.320. The molecule has 6 nitrogen and oxygen atoms in total. The molecule has 0 heterocycles. The molecule has 0 saturated heterocycles. The van der Waals surface area contributed by atoms with Crippen molar-refractivity contribution in [2.24, 2.45) is 0 Å². The average Bonchev–Trinajstić information content (AvgIpc) is 2.80. The van der Waals surface area contributed by atoms with Crippen molar-refractivity contribution in [3.05, 3.63) is 77.9 Å². The molecule has 0 aliphatic carbocycles. The van der Waals surface area contributed by atoms with Crippen LogP contribution in [0.1, 0.15) is 58.9 Å². The number of benzene rings is 2. The second-order valence-corrected chi connectivity index (χ2v) is 6.89. The second kappa shape index (κ2) is 13.0. The van der Waals surface area contributed by atoms with E-state index in [1.807, 2.05) is 19.1 Å². The van der Waals surface area contributed by atoms with E-state index in [2.05, 4.69) is 6.58 Å². The summed E-state index contributed by atoms with van der Waals surface area (Å²) in [7, 11) is 0. The van der Waals surface area contributed by atoms with Crippen LogP contribution >= 0.6 is 0 Å². The van der Waals surface area contributed by atoms with Crippen molar-refractivity contribution < 1.29 is 28.6 Å². The van der Waals surface area contributed by atoms with Crippen LogP contribution in [0.3, 0.4) is 0 Å². The van der Waals surface area contributed by atoms with E-state index in [4.69, 9.17) is 14.2 Å². The molecule has 0 aromatic heterocycles. The first-order chi connectivity index (χ1) is 15.0. The topological polar surface area (TPSA) is 78.9 Å². The molecular formula is C25H28O6. The first-order valence-electron chi connectivity index (χ1n) is 10.4. The number of ether oxygens (including phenoxy) is 3. The third kappa shape index (κ3) is 8.46. The summed E-state index contributed by atoms with van der Waals surface area (Å²) >= 11 is 0. The quantitative estimate of drug-likeness (QED) is 0.208. The molecule has 31 heavy (non-hydrogen) atoms. The number of aryl methyl sites for hydroxylation is 1. The number of esters is 3. The Hall–Kier alpha value is -3.41. The Morgan fingerprint density at radius 1 is 0.774 bits per heavy atom. The highest BCUT2D eigenvalue weighted by Crippen LogP contribution is 2.16. The average molecular weight is 424 g/mol. The van der Waals surface area contributed by atoms with Gasteiger partial charge in [-0.15, -0.1) is 0 Å². The minimum atomic E-state index is -0.447. The number of hydrogen-bond acceptors (Lipinski definition) is 6. The van der Waals surface area contributed by atoms with E-state index < -0.39 is 17.9 Å². The number of hydrogen-bond donors (Lipinski definition) is 0. The Bertz CT molecular complexity index is 868. The van der Waals surface area contributed by atoms with E-state index in [-0.39, 0.29) is 0 Å². The zero-order valence-electron chi connectivity index (χ0n) is 17.8. The lowest BCUT2D eigenvalue weighted by Gasteiger charge is -2.07. The van der Waals surface area contributed by atoms with Crippen LogP contribution in [0.25, 0.3) is 0 Å². The summed E-state index contributed by atoms with van der Waals surface area (Å²) in [6, 6.07) is 13.5. The maximum atomic E-state index is 12.2. The summed E-state index contributed by atoms with van der Waals surface area (Å²) in [5.74, 6) is -0.927. The van der Waals surface area contributed by atoms with Gasteiger partial charge in [0.15, 0.2) is 0 Å². The molecule has 0 radical (unpaired) electrons. The molecule has 0 bridgehead atoms. The number of carbonyl (C=O) groups excluding carboxylic acids is 3. The van der Waals surface area contributed by atoms with Crippen LogP contribution in [0.5, 0.6) is 5.75 Å². The van der Waals surface area contributed by atoms with Crippen LogP contribution in [0.4, 0.5) is 0 Å². The molecule has 0 N–H and O–H groups in total.